The van der Waals surface area contributed by atoms with E-state index in [4.69, 9.17) is 10.2 Å². The molecule has 8 heteroatoms. The number of aliphatic hydroxyl groups is 1. The van der Waals surface area contributed by atoms with E-state index in [0.29, 0.717) is 4.47 Å². The third-order valence-corrected chi connectivity index (χ3v) is 4.15. The van der Waals surface area contributed by atoms with Crippen LogP contribution in [0.2, 0.25) is 0 Å². The standard InChI is InChI=1S/C10H12BrNO5S/c11-7-1-3-8(4-2-7)18(16,17)12-9(5-6-13)10(14)15/h1-4,9,12-13H,5-6H2,(H,14,15)/t9-/m1/s1. The monoisotopic (exact) mass is 337 g/mol. The Morgan fingerprint density at radius 3 is 2.33 bits per heavy atom. The molecule has 0 aliphatic heterocycles. The normalized spacial score (nSPS) is 13.2. The van der Waals surface area contributed by atoms with Gasteiger partial charge in [-0.25, -0.2) is 8.42 Å². The smallest absolute Gasteiger partial charge is 0.321 e. The molecule has 1 aromatic rings. The number of aliphatic carboxylic acids is 1. The molecule has 0 spiro atoms. The molecular weight excluding hydrogens is 326 g/mol. The Labute approximate surface area is 113 Å². The number of hydrogen-bond acceptors (Lipinski definition) is 4. The minimum absolute atomic E-state index is 0.0325. The largest absolute Gasteiger partial charge is 0.480 e. The Kier molecular flexibility index (Phi) is 5.27. The maximum absolute atomic E-state index is 11.9. The van der Waals surface area contributed by atoms with Crippen LogP contribution in [0.4, 0.5) is 0 Å². The number of aliphatic hydroxyl groups excluding tert-OH is 1. The van der Waals surface area contributed by atoms with E-state index < -0.39 is 28.6 Å². The summed E-state index contributed by atoms with van der Waals surface area (Å²) in [5, 5.41) is 17.5. The lowest BCUT2D eigenvalue weighted by molar-refractivity contribution is -0.139. The molecule has 1 atom stereocenters. The van der Waals surface area contributed by atoms with Gasteiger partial charge in [-0.1, -0.05) is 15.9 Å². The van der Waals surface area contributed by atoms with Crippen molar-refractivity contribution < 1.29 is 23.4 Å². The molecule has 1 rings (SSSR count). The van der Waals surface area contributed by atoms with Crippen LogP contribution in [0.25, 0.3) is 0 Å². The number of carboxylic acids is 1. The first-order valence-electron chi connectivity index (χ1n) is 4.98. The lowest BCUT2D eigenvalue weighted by Crippen LogP contribution is -2.41. The Morgan fingerprint density at radius 2 is 1.89 bits per heavy atom. The van der Waals surface area contributed by atoms with Crippen molar-refractivity contribution in [2.24, 2.45) is 0 Å². The quantitative estimate of drug-likeness (QED) is 0.703. The SMILES string of the molecule is O=C(O)[C@@H](CCO)NS(=O)(=O)c1ccc(Br)cc1. The zero-order chi connectivity index (χ0) is 13.8. The third kappa shape index (κ3) is 4.05. The first-order valence-corrected chi connectivity index (χ1v) is 7.26. The zero-order valence-electron chi connectivity index (χ0n) is 9.21. The van der Waals surface area contributed by atoms with Crippen molar-refractivity contribution in [3.8, 4) is 0 Å². The second-order valence-corrected chi connectivity index (χ2v) is 6.11. The van der Waals surface area contributed by atoms with E-state index in [1.54, 1.807) is 0 Å². The highest BCUT2D eigenvalue weighted by molar-refractivity contribution is 9.10. The highest BCUT2D eigenvalue weighted by Gasteiger charge is 2.24. The molecule has 18 heavy (non-hydrogen) atoms. The van der Waals surface area contributed by atoms with Crippen LogP contribution in [0, 0.1) is 0 Å². The van der Waals surface area contributed by atoms with Crippen LogP contribution in [0.1, 0.15) is 6.42 Å². The van der Waals surface area contributed by atoms with Gasteiger partial charge in [-0.15, -0.1) is 0 Å². The van der Waals surface area contributed by atoms with Gasteiger partial charge < -0.3 is 10.2 Å². The highest BCUT2D eigenvalue weighted by Crippen LogP contribution is 2.15. The minimum atomic E-state index is -3.91. The van der Waals surface area contributed by atoms with Gasteiger partial charge in [0, 0.05) is 11.1 Å². The summed E-state index contributed by atoms with van der Waals surface area (Å²) < 4.78 is 26.5. The van der Waals surface area contributed by atoms with Crippen LogP contribution in [0.3, 0.4) is 0 Å². The number of hydrogen-bond donors (Lipinski definition) is 3. The van der Waals surface area contributed by atoms with Crippen LogP contribution in [-0.4, -0.2) is 37.2 Å². The molecule has 0 amide bonds. The van der Waals surface area contributed by atoms with Crippen molar-refractivity contribution in [3.63, 3.8) is 0 Å². The van der Waals surface area contributed by atoms with Crippen molar-refractivity contribution in [1.29, 1.82) is 0 Å². The van der Waals surface area contributed by atoms with Crippen molar-refractivity contribution in [1.82, 2.24) is 4.72 Å². The highest BCUT2D eigenvalue weighted by atomic mass is 79.9. The van der Waals surface area contributed by atoms with E-state index in [9.17, 15) is 13.2 Å². The summed E-state index contributed by atoms with van der Waals surface area (Å²) in [4.78, 5) is 10.8. The molecule has 0 saturated carbocycles. The van der Waals surface area contributed by atoms with Gasteiger partial charge in [0.05, 0.1) is 4.90 Å². The van der Waals surface area contributed by atoms with Crippen molar-refractivity contribution in [2.75, 3.05) is 6.61 Å². The lowest BCUT2D eigenvalue weighted by Gasteiger charge is -2.13. The molecule has 0 fully saturated rings. The van der Waals surface area contributed by atoms with E-state index in [-0.39, 0.29) is 11.3 Å². The molecule has 0 aliphatic carbocycles. The Hall–Kier alpha value is -0.960. The summed E-state index contributed by atoms with van der Waals surface area (Å²) in [5.41, 5.74) is 0. The number of halogens is 1. The summed E-state index contributed by atoms with van der Waals surface area (Å²) in [7, 11) is -3.91. The van der Waals surface area contributed by atoms with Crippen LogP contribution < -0.4 is 4.72 Å². The molecule has 3 N–H and O–H groups in total. The molecule has 0 heterocycles. The van der Waals surface area contributed by atoms with Gasteiger partial charge in [0.1, 0.15) is 6.04 Å². The van der Waals surface area contributed by atoms with Crippen molar-refractivity contribution in [3.05, 3.63) is 28.7 Å². The van der Waals surface area contributed by atoms with E-state index in [1.807, 2.05) is 4.72 Å². The molecule has 0 saturated heterocycles. The average Bonchev–Trinajstić information content (AvgIpc) is 2.28. The van der Waals surface area contributed by atoms with E-state index in [1.165, 1.54) is 24.3 Å². The van der Waals surface area contributed by atoms with E-state index >= 15 is 0 Å². The Morgan fingerprint density at radius 1 is 1.33 bits per heavy atom. The molecule has 6 nitrogen and oxygen atoms in total. The van der Waals surface area contributed by atoms with Crippen molar-refractivity contribution >= 4 is 31.9 Å². The average molecular weight is 338 g/mol. The number of carbonyl (C=O) groups is 1. The van der Waals surface area contributed by atoms with Gasteiger partial charge in [-0.3, -0.25) is 4.79 Å². The van der Waals surface area contributed by atoms with Crippen LogP contribution in [-0.2, 0) is 14.8 Å². The summed E-state index contributed by atoms with van der Waals surface area (Å²) in [6, 6.07) is 4.44. The zero-order valence-corrected chi connectivity index (χ0v) is 11.6. The van der Waals surface area contributed by atoms with E-state index in [0.717, 1.165) is 0 Å². The third-order valence-electron chi connectivity index (χ3n) is 2.14. The Balaban J connectivity index is 2.93. The molecule has 0 unspecified atom stereocenters. The fourth-order valence-corrected chi connectivity index (χ4v) is 2.72. The summed E-state index contributed by atoms with van der Waals surface area (Å²) in [5.74, 6) is -1.33. The molecule has 100 valence electrons. The Bertz CT molecular complexity index is 514. The van der Waals surface area contributed by atoms with Gasteiger partial charge in [-0.05, 0) is 30.7 Å². The number of rotatable bonds is 6. The molecule has 0 aromatic heterocycles. The number of sulfonamides is 1. The van der Waals surface area contributed by atoms with Crippen LogP contribution in [0.5, 0.6) is 0 Å². The maximum atomic E-state index is 11.9. The number of carboxylic acid groups (broad SMARTS) is 1. The first-order chi connectivity index (χ1) is 8.36. The fourth-order valence-electron chi connectivity index (χ4n) is 1.23. The molecule has 0 bridgehead atoms. The minimum Gasteiger partial charge on any atom is -0.480 e. The lowest BCUT2D eigenvalue weighted by atomic mass is 10.2. The molecule has 1 aromatic carbocycles. The second-order valence-electron chi connectivity index (χ2n) is 3.48. The van der Waals surface area contributed by atoms with Gasteiger partial charge in [-0.2, -0.15) is 4.72 Å². The molecule has 0 aliphatic rings. The summed E-state index contributed by atoms with van der Waals surface area (Å²) >= 11 is 3.17. The number of nitrogens with one attached hydrogen (secondary N) is 1. The van der Waals surface area contributed by atoms with Gasteiger partial charge >= 0.3 is 5.97 Å². The summed E-state index contributed by atoms with van der Waals surface area (Å²) in [6.07, 6.45) is -0.189. The maximum Gasteiger partial charge on any atom is 0.321 e. The van der Waals surface area contributed by atoms with Crippen molar-refractivity contribution in [2.45, 2.75) is 17.4 Å². The van der Waals surface area contributed by atoms with Gasteiger partial charge in [0.15, 0.2) is 0 Å². The fraction of sp³-hybridized carbons (Fsp3) is 0.300. The molecular formula is C10H12BrNO5S. The summed E-state index contributed by atoms with van der Waals surface area (Å²) in [6.45, 7) is -0.417. The topological polar surface area (TPSA) is 104 Å². The van der Waals surface area contributed by atoms with Gasteiger partial charge in [0.2, 0.25) is 10.0 Å². The predicted molar refractivity (Wildman–Crippen MR) is 67.6 cm³/mol. The van der Waals surface area contributed by atoms with Crippen LogP contribution in [0.15, 0.2) is 33.6 Å². The van der Waals surface area contributed by atoms with Gasteiger partial charge in [0.25, 0.3) is 0 Å². The van der Waals surface area contributed by atoms with E-state index in [2.05, 4.69) is 15.9 Å². The van der Waals surface area contributed by atoms with Crippen LogP contribution >= 0.6 is 15.9 Å². The second kappa shape index (κ2) is 6.28. The molecule has 0 radical (unpaired) electrons. The first kappa shape index (κ1) is 15.1. The predicted octanol–water partition coefficient (Wildman–Crippen LogP) is 0.563. The number of benzene rings is 1.